The maximum Gasteiger partial charge on any atom is 0.112 e. The first-order valence-electron chi connectivity index (χ1n) is 1.43. The Labute approximate surface area is 40.9 Å². The lowest BCUT2D eigenvalue weighted by molar-refractivity contribution is 0.0992. The molecule has 4 heteroatoms. The molecule has 0 spiro atoms. The average Bonchev–Trinajstić information content (AvgIpc) is 1.65. The van der Waals surface area contributed by atoms with Gasteiger partial charge in [0.1, 0.15) is 13.5 Å². The fourth-order valence-corrected chi connectivity index (χ4v) is 0.0447. The first-order valence-corrected chi connectivity index (χ1v) is 1.77. The summed E-state index contributed by atoms with van der Waals surface area (Å²) in [6.45, 7) is -0.643. The molecule has 0 heterocycles. The first-order chi connectivity index (χ1) is 2.81. The van der Waals surface area contributed by atoms with Gasteiger partial charge in [-0.3, -0.25) is 0 Å². The van der Waals surface area contributed by atoms with Gasteiger partial charge in [-0.1, -0.05) is 0 Å². The van der Waals surface area contributed by atoms with Crippen molar-refractivity contribution in [1.82, 2.24) is 4.42 Å². The molecule has 0 bridgehead atoms. The standard InChI is InChI=1S/C2H6ClNO2/c3-4(1-5)2-6/h5-6H,1-2H2. The third-order valence-corrected chi connectivity index (χ3v) is 0.521. The van der Waals surface area contributed by atoms with Crippen LogP contribution < -0.4 is 0 Å². The Balaban J connectivity index is 2.75. The largest absolute Gasteiger partial charge is 0.380 e. The molecule has 0 saturated heterocycles. The van der Waals surface area contributed by atoms with Crippen LogP contribution in [0.5, 0.6) is 0 Å². The number of aliphatic hydroxyl groups excluding tert-OH is 2. The van der Waals surface area contributed by atoms with Gasteiger partial charge in [0.25, 0.3) is 0 Å². The average molecular weight is 112 g/mol. The summed E-state index contributed by atoms with van der Waals surface area (Å²) in [6.07, 6.45) is 0. The lowest BCUT2D eigenvalue weighted by atomic mass is 11.1. The van der Waals surface area contributed by atoms with Crippen LogP contribution in [-0.4, -0.2) is 28.1 Å². The van der Waals surface area contributed by atoms with Crippen LogP contribution in [0.2, 0.25) is 0 Å². The molecule has 0 rings (SSSR count). The quantitative estimate of drug-likeness (QED) is 0.367. The Hall–Kier alpha value is 0.170. The van der Waals surface area contributed by atoms with E-state index in [-0.39, 0.29) is 13.5 Å². The molecule has 3 nitrogen and oxygen atoms in total. The summed E-state index contributed by atoms with van der Waals surface area (Å²) in [5.41, 5.74) is 0. The molecule has 0 saturated carbocycles. The summed E-state index contributed by atoms with van der Waals surface area (Å²) in [4.78, 5) is 0. The molecule has 0 aliphatic heterocycles. The lowest BCUT2D eigenvalue weighted by Crippen LogP contribution is -2.12. The van der Waals surface area contributed by atoms with Crippen molar-refractivity contribution >= 4 is 11.8 Å². The summed E-state index contributed by atoms with van der Waals surface area (Å²) in [5.74, 6) is 0. The van der Waals surface area contributed by atoms with Crippen LogP contribution >= 0.6 is 11.8 Å². The SMILES string of the molecule is OCN(Cl)CO. The van der Waals surface area contributed by atoms with Gasteiger partial charge in [-0.25, -0.2) is 0 Å². The molecule has 0 radical (unpaired) electrons. The molecule has 0 aromatic heterocycles. The highest BCUT2D eigenvalue weighted by molar-refractivity contribution is 6.13. The summed E-state index contributed by atoms with van der Waals surface area (Å²) in [7, 11) is 0. The zero-order chi connectivity index (χ0) is 4.99. The molecule has 0 aliphatic rings. The minimum Gasteiger partial charge on any atom is -0.380 e. The molecule has 0 unspecified atom stereocenters. The van der Waals surface area contributed by atoms with Crippen molar-refractivity contribution in [2.75, 3.05) is 13.5 Å². The molecule has 6 heavy (non-hydrogen) atoms. The topological polar surface area (TPSA) is 43.7 Å². The van der Waals surface area contributed by atoms with Crippen molar-refractivity contribution in [3.05, 3.63) is 0 Å². The second-order valence-electron chi connectivity index (χ2n) is 0.745. The Morgan fingerprint density at radius 3 is 1.67 bits per heavy atom. The second kappa shape index (κ2) is 3.36. The van der Waals surface area contributed by atoms with E-state index in [0.29, 0.717) is 0 Å². The molecule has 0 atom stereocenters. The Morgan fingerprint density at radius 1 is 1.33 bits per heavy atom. The fourth-order valence-electron chi connectivity index (χ4n) is 0.0447. The van der Waals surface area contributed by atoms with Gasteiger partial charge in [-0.2, -0.15) is 4.42 Å². The van der Waals surface area contributed by atoms with Gasteiger partial charge in [-0.05, 0) is 11.8 Å². The second-order valence-corrected chi connectivity index (χ2v) is 1.22. The number of hydrogen-bond acceptors (Lipinski definition) is 3. The number of nitrogens with zero attached hydrogens (tertiary/aromatic N) is 1. The maximum absolute atomic E-state index is 7.97. The Morgan fingerprint density at radius 2 is 1.67 bits per heavy atom. The normalized spacial score (nSPS) is 10.0. The fraction of sp³-hybridized carbons (Fsp3) is 1.00. The van der Waals surface area contributed by atoms with E-state index in [0.717, 1.165) is 4.42 Å². The number of aliphatic hydroxyl groups is 2. The predicted octanol–water partition coefficient (Wildman–Crippen LogP) is -0.658. The predicted molar refractivity (Wildman–Crippen MR) is 21.9 cm³/mol. The van der Waals surface area contributed by atoms with Crippen molar-refractivity contribution in [2.45, 2.75) is 0 Å². The highest BCUT2D eigenvalue weighted by Crippen LogP contribution is 1.84. The Kier molecular flexibility index (Phi) is 3.46. The summed E-state index contributed by atoms with van der Waals surface area (Å²) >= 11 is 4.98. The highest BCUT2D eigenvalue weighted by Gasteiger charge is 1.88. The zero-order valence-corrected chi connectivity index (χ0v) is 3.89. The third-order valence-electron chi connectivity index (χ3n) is 0.307. The van der Waals surface area contributed by atoms with E-state index in [1.165, 1.54) is 0 Å². The van der Waals surface area contributed by atoms with Crippen molar-refractivity contribution in [3.8, 4) is 0 Å². The molecule has 0 aromatic rings. The van der Waals surface area contributed by atoms with Gasteiger partial charge in [0, 0.05) is 0 Å². The van der Waals surface area contributed by atoms with Crippen LogP contribution in [-0.2, 0) is 0 Å². The minimum atomic E-state index is -0.321. The van der Waals surface area contributed by atoms with Crippen molar-refractivity contribution in [1.29, 1.82) is 0 Å². The van der Waals surface area contributed by atoms with Crippen LogP contribution in [0.3, 0.4) is 0 Å². The van der Waals surface area contributed by atoms with Crippen LogP contribution in [0.4, 0.5) is 0 Å². The molecule has 0 amide bonds. The van der Waals surface area contributed by atoms with E-state index < -0.39 is 0 Å². The molecule has 0 fully saturated rings. The smallest absolute Gasteiger partial charge is 0.112 e. The van der Waals surface area contributed by atoms with Gasteiger partial charge in [-0.15, -0.1) is 0 Å². The van der Waals surface area contributed by atoms with Gasteiger partial charge in [0.15, 0.2) is 0 Å². The molecule has 2 N–H and O–H groups in total. The Bertz CT molecular complexity index is 30.7. The van der Waals surface area contributed by atoms with Gasteiger partial charge < -0.3 is 10.2 Å². The summed E-state index contributed by atoms with van der Waals surface area (Å²) in [6, 6.07) is 0. The third kappa shape index (κ3) is 2.41. The van der Waals surface area contributed by atoms with E-state index in [4.69, 9.17) is 22.0 Å². The van der Waals surface area contributed by atoms with Crippen molar-refractivity contribution < 1.29 is 10.2 Å². The summed E-state index contributed by atoms with van der Waals surface area (Å²) < 4.78 is 0.833. The minimum absolute atomic E-state index is 0.321. The van der Waals surface area contributed by atoms with Crippen LogP contribution in [0.15, 0.2) is 0 Å². The maximum atomic E-state index is 7.97. The van der Waals surface area contributed by atoms with Gasteiger partial charge >= 0.3 is 0 Å². The molecule has 0 aromatic carbocycles. The van der Waals surface area contributed by atoms with E-state index in [9.17, 15) is 0 Å². The monoisotopic (exact) mass is 111 g/mol. The number of hydrogen-bond donors (Lipinski definition) is 2. The van der Waals surface area contributed by atoms with Crippen LogP contribution in [0, 0.1) is 0 Å². The van der Waals surface area contributed by atoms with E-state index in [1.807, 2.05) is 0 Å². The lowest BCUT2D eigenvalue weighted by Gasteiger charge is -2.00. The van der Waals surface area contributed by atoms with E-state index in [2.05, 4.69) is 0 Å². The van der Waals surface area contributed by atoms with Gasteiger partial charge in [0.2, 0.25) is 0 Å². The zero-order valence-electron chi connectivity index (χ0n) is 3.13. The molecular weight excluding hydrogens is 105 g/mol. The van der Waals surface area contributed by atoms with Crippen molar-refractivity contribution in [3.63, 3.8) is 0 Å². The van der Waals surface area contributed by atoms with E-state index in [1.54, 1.807) is 0 Å². The molecule has 0 aliphatic carbocycles. The van der Waals surface area contributed by atoms with E-state index >= 15 is 0 Å². The highest BCUT2D eigenvalue weighted by atomic mass is 35.5. The molecule has 38 valence electrons. The van der Waals surface area contributed by atoms with Crippen LogP contribution in [0.25, 0.3) is 0 Å². The van der Waals surface area contributed by atoms with Crippen molar-refractivity contribution in [2.24, 2.45) is 0 Å². The molecular formula is C2H6ClNO2. The van der Waals surface area contributed by atoms with Crippen LogP contribution in [0.1, 0.15) is 0 Å². The number of rotatable bonds is 2. The van der Waals surface area contributed by atoms with Gasteiger partial charge in [0.05, 0.1) is 0 Å². The number of halogens is 1. The summed E-state index contributed by atoms with van der Waals surface area (Å²) in [5, 5.41) is 15.9. The first kappa shape index (κ1) is 6.17.